The first-order valence-corrected chi connectivity index (χ1v) is 10.1. The van der Waals surface area contributed by atoms with Crippen LogP contribution in [0.1, 0.15) is 45.1 Å². The molecule has 4 rings (SSSR count). The normalized spacial score (nSPS) is 18.8. The summed E-state index contributed by atoms with van der Waals surface area (Å²) in [6.07, 6.45) is 1.05. The maximum atomic E-state index is 13.5. The number of nitrogens with zero attached hydrogens (tertiary/aromatic N) is 1. The number of aliphatic hydroxyl groups excluding tert-OH is 2. The molecule has 0 spiro atoms. The second-order valence-electron chi connectivity index (χ2n) is 8.37. The van der Waals surface area contributed by atoms with E-state index in [0.29, 0.717) is 38.4 Å². The lowest BCUT2D eigenvalue weighted by Gasteiger charge is -2.43. The molecule has 0 radical (unpaired) electrons. The van der Waals surface area contributed by atoms with Gasteiger partial charge in [0.2, 0.25) is 6.79 Å². The van der Waals surface area contributed by atoms with Crippen LogP contribution in [0.3, 0.4) is 0 Å². The lowest BCUT2D eigenvalue weighted by atomic mass is 9.83. The SMILES string of the molecule is COc1cccc(CO)c1C(=O)CC1c2c(cc3c(c2CO)OCO3)CC[N+]1(C)C. The van der Waals surface area contributed by atoms with Crippen molar-refractivity contribution in [1.82, 2.24) is 0 Å². The van der Waals surface area contributed by atoms with Gasteiger partial charge >= 0.3 is 0 Å². The molecule has 0 aliphatic carbocycles. The van der Waals surface area contributed by atoms with E-state index in [-0.39, 0.29) is 38.3 Å². The number of quaternary nitrogens is 1. The molecule has 0 saturated heterocycles. The van der Waals surface area contributed by atoms with Crippen molar-refractivity contribution in [3.05, 3.63) is 52.1 Å². The molecule has 0 amide bonds. The number of fused-ring (bicyclic) bond motifs is 2. The minimum atomic E-state index is -0.238. The van der Waals surface area contributed by atoms with E-state index in [4.69, 9.17) is 14.2 Å². The van der Waals surface area contributed by atoms with Crippen LogP contribution < -0.4 is 14.2 Å². The Balaban J connectivity index is 1.80. The molecule has 2 aromatic rings. The molecule has 0 fully saturated rings. The summed E-state index contributed by atoms with van der Waals surface area (Å²) >= 11 is 0. The fraction of sp³-hybridized carbons (Fsp3) is 0.435. The van der Waals surface area contributed by atoms with Crippen molar-refractivity contribution in [3.8, 4) is 17.2 Å². The molecule has 7 heteroatoms. The van der Waals surface area contributed by atoms with Gasteiger partial charge in [0.15, 0.2) is 17.3 Å². The van der Waals surface area contributed by atoms with Gasteiger partial charge in [-0.15, -0.1) is 0 Å². The average molecular weight is 414 g/mol. The Labute approximate surface area is 176 Å². The summed E-state index contributed by atoms with van der Waals surface area (Å²) in [6, 6.07) is 7.05. The molecular formula is C23H28NO6+. The van der Waals surface area contributed by atoms with E-state index >= 15 is 0 Å². The first-order valence-electron chi connectivity index (χ1n) is 10.1. The van der Waals surface area contributed by atoms with Crippen LogP contribution in [0.25, 0.3) is 0 Å². The maximum Gasteiger partial charge on any atom is 0.231 e. The number of Topliss-reactive ketones (excluding diaryl/α,β-unsaturated/α-hetero) is 1. The van der Waals surface area contributed by atoms with E-state index in [1.807, 2.05) is 6.07 Å². The lowest BCUT2D eigenvalue weighted by Crippen LogP contribution is -2.49. The standard InChI is InChI=1S/C23H28NO6/c1-24(2)8-7-14-9-20-23(30-13-29-20)16(12-26)21(14)17(24)10-18(27)22-15(11-25)5-4-6-19(22)28-3/h4-6,9,17,25-26H,7-8,10-13H2,1-3H3/q+1. The number of rotatable bonds is 6. The Bertz CT molecular complexity index is 962. The quantitative estimate of drug-likeness (QED) is 0.558. The minimum absolute atomic E-state index is 0.0953. The fourth-order valence-electron chi connectivity index (χ4n) is 4.70. The van der Waals surface area contributed by atoms with Crippen molar-refractivity contribution in [3.63, 3.8) is 0 Å². The second kappa shape index (κ2) is 7.91. The van der Waals surface area contributed by atoms with Crippen LogP contribution in [-0.4, -0.2) is 55.0 Å². The molecular weight excluding hydrogens is 386 g/mol. The Morgan fingerprint density at radius 3 is 2.73 bits per heavy atom. The van der Waals surface area contributed by atoms with Crippen molar-refractivity contribution < 1.29 is 33.7 Å². The van der Waals surface area contributed by atoms with E-state index in [0.717, 1.165) is 24.1 Å². The molecule has 0 aromatic heterocycles. The molecule has 2 N–H and O–H groups in total. The van der Waals surface area contributed by atoms with E-state index < -0.39 is 0 Å². The van der Waals surface area contributed by atoms with Gasteiger partial charge in [-0.3, -0.25) is 4.79 Å². The van der Waals surface area contributed by atoms with Crippen LogP contribution in [0, 0.1) is 0 Å². The number of benzene rings is 2. The average Bonchev–Trinajstić information content (AvgIpc) is 3.21. The van der Waals surface area contributed by atoms with Gasteiger partial charge in [-0.05, 0) is 23.3 Å². The largest absolute Gasteiger partial charge is 0.496 e. The molecule has 2 aromatic carbocycles. The zero-order valence-electron chi connectivity index (χ0n) is 17.6. The Hall–Kier alpha value is -2.61. The Kier molecular flexibility index (Phi) is 5.44. The van der Waals surface area contributed by atoms with Crippen LogP contribution in [0.15, 0.2) is 24.3 Å². The number of methoxy groups -OCH3 is 1. The van der Waals surface area contributed by atoms with Gasteiger partial charge in [0.05, 0.1) is 52.9 Å². The van der Waals surface area contributed by atoms with Crippen LogP contribution in [0.5, 0.6) is 17.2 Å². The van der Waals surface area contributed by atoms with Gasteiger partial charge in [0.1, 0.15) is 11.8 Å². The van der Waals surface area contributed by atoms with Crippen LogP contribution in [0.2, 0.25) is 0 Å². The van der Waals surface area contributed by atoms with Crippen molar-refractivity contribution in [1.29, 1.82) is 0 Å². The zero-order chi connectivity index (χ0) is 21.5. The van der Waals surface area contributed by atoms with E-state index in [9.17, 15) is 15.0 Å². The van der Waals surface area contributed by atoms with Crippen molar-refractivity contribution in [2.45, 2.75) is 32.1 Å². The number of carbonyl (C=O) groups excluding carboxylic acids is 1. The summed E-state index contributed by atoms with van der Waals surface area (Å²) in [5.41, 5.74) is 3.72. The number of likely N-dealkylation sites (N-methyl/N-ethyl adjacent to an activating group) is 1. The van der Waals surface area contributed by atoms with Crippen LogP contribution >= 0.6 is 0 Å². The van der Waals surface area contributed by atoms with Crippen molar-refractivity contribution in [2.75, 3.05) is 34.5 Å². The number of aliphatic hydroxyl groups is 2. The van der Waals surface area contributed by atoms with Gasteiger partial charge in [0, 0.05) is 17.5 Å². The topological polar surface area (TPSA) is 85.2 Å². The maximum absolute atomic E-state index is 13.5. The monoisotopic (exact) mass is 414 g/mol. The molecule has 1 unspecified atom stereocenters. The summed E-state index contributed by atoms with van der Waals surface area (Å²) in [4.78, 5) is 13.5. The third kappa shape index (κ3) is 3.33. The second-order valence-corrected chi connectivity index (χ2v) is 8.37. The van der Waals surface area contributed by atoms with Gasteiger partial charge in [-0.2, -0.15) is 0 Å². The lowest BCUT2D eigenvalue weighted by molar-refractivity contribution is -0.922. The molecule has 160 valence electrons. The first-order chi connectivity index (χ1) is 14.4. The predicted octanol–water partition coefficient (Wildman–Crippen LogP) is 2.36. The summed E-state index contributed by atoms with van der Waals surface area (Å²) in [7, 11) is 5.72. The van der Waals surface area contributed by atoms with Gasteiger partial charge in [-0.1, -0.05) is 12.1 Å². The first kappa shape index (κ1) is 20.7. The third-order valence-corrected chi connectivity index (χ3v) is 6.34. The summed E-state index contributed by atoms with van der Waals surface area (Å²) in [6.45, 7) is 0.566. The highest BCUT2D eigenvalue weighted by Crippen LogP contribution is 2.47. The van der Waals surface area contributed by atoms with Crippen LogP contribution in [-0.2, 0) is 19.6 Å². The van der Waals surface area contributed by atoms with E-state index in [1.54, 1.807) is 18.2 Å². The molecule has 0 saturated carbocycles. The van der Waals surface area contributed by atoms with Gasteiger partial charge in [0.25, 0.3) is 0 Å². The molecule has 1 atom stereocenters. The summed E-state index contributed by atoms with van der Waals surface area (Å²) in [5, 5.41) is 19.9. The van der Waals surface area contributed by atoms with Gasteiger partial charge < -0.3 is 28.9 Å². The highest BCUT2D eigenvalue weighted by molar-refractivity contribution is 6.00. The number of hydrogen-bond acceptors (Lipinski definition) is 6. The van der Waals surface area contributed by atoms with Gasteiger partial charge in [-0.25, -0.2) is 0 Å². The van der Waals surface area contributed by atoms with Crippen molar-refractivity contribution in [2.24, 2.45) is 0 Å². The number of carbonyl (C=O) groups is 1. The molecule has 2 aliphatic heterocycles. The molecule has 30 heavy (non-hydrogen) atoms. The zero-order valence-corrected chi connectivity index (χ0v) is 17.6. The molecule has 7 nitrogen and oxygen atoms in total. The molecule has 2 aliphatic rings. The molecule has 0 bridgehead atoms. The number of ketones is 1. The predicted molar refractivity (Wildman–Crippen MR) is 110 cm³/mol. The fourth-order valence-corrected chi connectivity index (χ4v) is 4.70. The highest BCUT2D eigenvalue weighted by Gasteiger charge is 2.41. The van der Waals surface area contributed by atoms with E-state index in [2.05, 4.69) is 14.1 Å². The number of hydrogen-bond donors (Lipinski definition) is 2. The molecule has 2 heterocycles. The Morgan fingerprint density at radius 2 is 2.03 bits per heavy atom. The van der Waals surface area contributed by atoms with Crippen molar-refractivity contribution >= 4 is 5.78 Å². The number of ether oxygens (including phenoxy) is 3. The van der Waals surface area contributed by atoms with Crippen LogP contribution in [0.4, 0.5) is 0 Å². The third-order valence-electron chi connectivity index (χ3n) is 6.34. The summed E-state index contributed by atoms with van der Waals surface area (Å²) < 4.78 is 17.2. The van der Waals surface area contributed by atoms with E-state index in [1.165, 1.54) is 7.11 Å². The highest BCUT2D eigenvalue weighted by atomic mass is 16.7. The minimum Gasteiger partial charge on any atom is -0.496 e. The summed E-state index contributed by atoms with van der Waals surface area (Å²) in [5.74, 6) is 1.59. The smallest absolute Gasteiger partial charge is 0.231 e. The Morgan fingerprint density at radius 1 is 1.23 bits per heavy atom.